The van der Waals surface area contributed by atoms with Gasteiger partial charge in [-0.25, -0.2) is 0 Å². The third-order valence-electron chi connectivity index (χ3n) is 1.35. The summed E-state index contributed by atoms with van der Waals surface area (Å²) in [7, 11) is 4.24. The summed E-state index contributed by atoms with van der Waals surface area (Å²) in [6, 6.07) is 10.4. The molecule has 0 spiro atoms. The molecule has 0 saturated heterocycles. The first kappa shape index (κ1) is 13.4. The predicted octanol–water partition coefficient (Wildman–Crippen LogP) is 1.76. The number of nitrogens with one attached hydrogen (secondary N) is 1. The van der Waals surface area contributed by atoms with Gasteiger partial charge in [0.2, 0.25) is 0 Å². The largest absolute Gasteiger partial charge is 1.04 e. The Balaban J connectivity index is 0.000000292. The Morgan fingerprint density at radius 2 is 1.29 bits per heavy atom. The summed E-state index contributed by atoms with van der Waals surface area (Å²) in [5, 5.41) is 0. The van der Waals surface area contributed by atoms with E-state index in [1.165, 1.54) is 10.6 Å². The summed E-state index contributed by atoms with van der Waals surface area (Å²) in [6.45, 7) is 0. The molecule has 0 unspecified atom stereocenters. The fourth-order valence-corrected chi connectivity index (χ4v) is 0.771. The molecule has 0 aliphatic rings. The molecular weight excluding hydrogens is 213 g/mol. The molecule has 6 heteroatoms. The zero-order valence-electron chi connectivity index (χ0n) is 7.98. The van der Waals surface area contributed by atoms with Gasteiger partial charge in [-0.05, 0) is 12.1 Å². The second kappa shape index (κ2) is 6.02. The summed E-state index contributed by atoms with van der Waals surface area (Å²) >= 11 is -6.83. The maximum Gasteiger partial charge on any atom is 1.04 e. The topological polar surface area (TPSA) is 4.44 Å². The highest BCUT2D eigenvalue weighted by Gasteiger charge is 2.41. The van der Waals surface area contributed by atoms with Crippen LogP contribution in [-0.4, -0.2) is 29.0 Å². The van der Waals surface area contributed by atoms with Gasteiger partial charge in [0, 0.05) is 0 Å². The first-order valence-corrected chi connectivity index (χ1v) is 5.78. The smallest absolute Gasteiger partial charge is 0.510 e. The maximum absolute atomic E-state index is 9.85. The summed E-state index contributed by atoms with van der Waals surface area (Å²) in [4.78, 5) is 1.37. The fraction of sp³-hybridized carbons (Fsp3) is 0.250. The van der Waals surface area contributed by atoms with E-state index in [9.17, 15) is 14.1 Å². The number of rotatable bonds is 1. The van der Waals surface area contributed by atoms with Gasteiger partial charge >= 0.3 is 14.9 Å². The van der Waals surface area contributed by atoms with Crippen LogP contribution in [0.25, 0.3) is 0 Å². The van der Waals surface area contributed by atoms with Crippen molar-refractivity contribution in [3.8, 4) is 0 Å². The molecule has 14 heavy (non-hydrogen) atoms. The van der Waals surface area contributed by atoms with Gasteiger partial charge < -0.3 is 19.0 Å². The van der Waals surface area contributed by atoms with Crippen LogP contribution in [0.15, 0.2) is 30.3 Å². The number of para-hydroxylation sites is 1. The number of halogens is 4. The lowest BCUT2D eigenvalue weighted by atomic mass is 10.3. The Morgan fingerprint density at radius 1 is 0.929 bits per heavy atom. The highest BCUT2D eigenvalue weighted by molar-refractivity contribution is 6.50. The van der Waals surface area contributed by atoms with Crippen LogP contribution in [0, 0.1) is 0 Å². The molecule has 0 radical (unpaired) electrons. The number of hydrogen-bond donors (Lipinski definition) is 1. The average Bonchev–Trinajstić information content (AvgIpc) is 2.03. The van der Waals surface area contributed by atoms with E-state index in [0.29, 0.717) is 0 Å². The van der Waals surface area contributed by atoms with Crippen LogP contribution in [0.4, 0.5) is 19.8 Å². The first-order valence-electron chi connectivity index (χ1n) is 4.03. The molecule has 1 rings (SSSR count). The molecule has 0 atom stereocenters. The molecule has 0 heterocycles. The molecule has 1 N–H and O–H groups in total. The number of hydrogen-bond acceptors (Lipinski definition) is 0. The lowest BCUT2D eigenvalue weighted by Crippen LogP contribution is -3.00. The summed E-state index contributed by atoms with van der Waals surface area (Å²) < 4.78 is 39.4. The van der Waals surface area contributed by atoms with Gasteiger partial charge in [-0.3, -0.25) is 0 Å². The van der Waals surface area contributed by atoms with Crippen molar-refractivity contribution in [2.24, 2.45) is 0 Å². The Hall–Kier alpha value is -0.568. The van der Waals surface area contributed by atoms with Gasteiger partial charge in [-0.2, -0.15) is 0 Å². The van der Waals surface area contributed by atoms with Crippen LogP contribution < -0.4 is 4.90 Å². The predicted molar refractivity (Wildman–Crippen MR) is 49.1 cm³/mol. The lowest BCUT2D eigenvalue weighted by Gasteiger charge is -2.03. The van der Waals surface area contributed by atoms with Crippen LogP contribution in [0.5, 0.6) is 0 Å². The number of benzene rings is 1. The second-order valence-corrected chi connectivity index (χ2v) is 3.85. The summed E-state index contributed by atoms with van der Waals surface area (Å²) in [6.07, 6.45) is 0. The van der Waals surface area contributed by atoms with Crippen molar-refractivity contribution >= 4 is 20.6 Å². The highest BCUT2D eigenvalue weighted by Crippen LogP contribution is 2.06. The molecule has 0 bridgehead atoms. The molecule has 1 aromatic rings. The van der Waals surface area contributed by atoms with Crippen molar-refractivity contribution in [3.05, 3.63) is 30.3 Å². The second-order valence-electron chi connectivity index (χ2n) is 2.86. The van der Waals surface area contributed by atoms with E-state index >= 15 is 0 Å². The Bertz CT molecular complexity index is 241. The van der Waals surface area contributed by atoms with Crippen LogP contribution in [0.3, 0.4) is 0 Å². The first-order chi connectivity index (χ1) is 6.30. The third kappa shape index (κ3) is 9.52. The zero-order chi connectivity index (χ0) is 11.2. The summed E-state index contributed by atoms with van der Waals surface area (Å²) in [5.74, 6) is 0. The van der Waals surface area contributed by atoms with Crippen molar-refractivity contribution in [1.82, 2.24) is 0 Å². The van der Waals surface area contributed by atoms with E-state index in [2.05, 4.69) is 38.4 Å². The third-order valence-corrected chi connectivity index (χ3v) is 1.35. The molecule has 0 saturated carbocycles. The SMILES string of the molecule is C[NH+](C)c1ccccc1.[F][Al-]([F])([F])[F]. The van der Waals surface area contributed by atoms with E-state index < -0.39 is 14.9 Å². The van der Waals surface area contributed by atoms with Crippen LogP contribution in [0.1, 0.15) is 0 Å². The molecule has 0 fully saturated rings. The van der Waals surface area contributed by atoms with E-state index in [1.807, 2.05) is 6.07 Å². The van der Waals surface area contributed by atoms with Gasteiger partial charge in [0.05, 0.1) is 14.1 Å². The monoisotopic (exact) mass is 225 g/mol. The highest BCUT2D eigenvalue weighted by atomic mass is 27.5. The van der Waals surface area contributed by atoms with Crippen molar-refractivity contribution in [2.45, 2.75) is 0 Å². The van der Waals surface area contributed by atoms with Crippen molar-refractivity contribution in [1.29, 1.82) is 0 Å². The molecule has 1 nitrogen and oxygen atoms in total. The van der Waals surface area contributed by atoms with E-state index in [-0.39, 0.29) is 0 Å². The zero-order valence-corrected chi connectivity index (χ0v) is 9.13. The van der Waals surface area contributed by atoms with E-state index in [1.54, 1.807) is 0 Å². The number of quaternary nitrogens is 1. The molecule has 1 aromatic carbocycles. The lowest BCUT2D eigenvalue weighted by molar-refractivity contribution is -0.786. The van der Waals surface area contributed by atoms with Crippen molar-refractivity contribution in [2.75, 3.05) is 14.1 Å². The minimum atomic E-state index is -6.83. The minimum absolute atomic E-state index is 1.33. The Labute approximate surface area is 84.5 Å². The van der Waals surface area contributed by atoms with Gasteiger partial charge in [0.1, 0.15) is 5.69 Å². The van der Waals surface area contributed by atoms with Gasteiger partial charge in [-0.15, -0.1) is 0 Å². The molecule has 0 aromatic heterocycles. The van der Waals surface area contributed by atoms with E-state index in [0.717, 1.165) is 0 Å². The van der Waals surface area contributed by atoms with Gasteiger partial charge in [0.25, 0.3) is 0 Å². The molecule has 0 aliphatic heterocycles. The average molecular weight is 225 g/mol. The van der Waals surface area contributed by atoms with Crippen LogP contribution >= 0.6 is 0 Å². The Kier molecular flexibility index (Phi) is 5.77. The fourth-order valence-electron chi connectivity index (χ4n) is 0.771. The van der Waals surface area contributed by atoms with Gasteiger partial charge in [-0.1, -0.05) is 18.2 Å². The van der Waals surface area contributed by atoms with Crippen molar-refractivity contribution in [3.63, 3.8) is 0 Å². The minimum Gasteiger partial charge on any atom is -0.510 e. The standard InChI is InChI=1S/C8H11N.Al.4FH/c1-9(2)8-6-4-3-5-7-8;;;;;/h3-7H,1-2H3;;4*1H/q;+3;;;;/p-3. The molecule has 0 aliphatic carbocycles. The van der Waals surface area contributed by atoms with Crippen LogP contribution in [-0.2, 0) is 0 Å². The molecule has 0 amide bonds. The molecular formula is C8H12AlF4N. The normalized spacial score (nSPS) is 10.8. The maximum atomic E-state index is 9.85. The van der Waals surface area contributed by atoms with Gasteiger partial charge in [0.15, 0.2) is 0 Å². The molecule has 80 valence electrons. The quantitative estimate of drug-likeness (QED) is 0.548. The van der Waals surface area contributed by atoms with Crippen LogP contribution in [0.2, 0.25) is 0 Å². The Morgan fingerprint density at radius 3 is 1.50 bits per heavy atom. The van der Waals surface area contributed by atoms with E-state index in [4.69, 9.17) is 0 Å². The van der Waals surface area contributed by atoms with Crippen molar-refractivity contribution < 1.29 is 19.0 Å². The summed E-state index contributed by atoms with van der Waals surface area (Å²) in [5.41, 5.74) is 1.33.